The summed E-state index contributed by atoms with van der Waals surface area (Å²) in [6, 6.07) is 19.1. The van der Waals surface area contributed by atoms with Crippen molar-refractivity contribution in [1.82, 2.24) is 0 Å². The zero-order chi connectivity index (χ0) is 23.7. The molecule has 1 aliphatic heterocycles. The number of amides is 1. The van der Waals surface area contributed by atoms with Gasteiger partial charge in [-0.05, 0) is 49.2 Å². The maximum Gasteiger partial charge on any atom is 0.300 e. The number of carbonyl (C=O) groups excluding carboxylic acids is 2. The van der Waals surface area contributed by atoms with Crippen LogP contribution in [-0.4, -0.2) is 31.0 Å². The molecule has 0 spiro atoms. The van der Waals surface area contributed by atoms with E-state index in [1.807, 2.05) is 56.3 Å². The van der Waals surface area contributed by atoms with E-state index in [1.54, 1.807) is 24.3 Å². The Hall–Kier alpha value is -4.06. The second-order valence-electron chi connectivity index (χ2n) is 7.99. The number of hydrogen-bond donors (Lipinski definition) is 1. The Morgan fingerprint density at radius 3 is 2.21 bits per heavy atom. The maximum atomic E-state index is 13.3. The van der Waals surface area contributed by atoms with Crippen molar-refractivity contribution in [3.63, 3.8) is 0 Å². The van der Waals surface area contributed by atoms with Gasteiger partial charge >= 0.3 is 0 Å². The van der Waals surface area contributed by atoms with E-state index in [-0.39, 0.29) is 11.3 Å². The molecule has 3 aromatic rings. The Kier molecular flexibility index (Phi) is 5.92. The predicted molar refractivity (Wildman–Crippen MR) is 127 cm³/mol. The van der Waals surface area contributed by atoms with Crippen molar-refractivity contribution in [3.05, 3.63) is 94.6 Å². The number of methoxy groups -OCH3 is 2. The first-order chi connectivity index (χ1) is 15.8. The Morgan fingerprint density at radius 2 is 1.58 bits per heavy atom. The lowest BCUT2D eigenvalue weighted by atomic mass is 9.94. The molecule has 1 saturated heterocycles. The summed E-state index contributed by atoms with van der Waals surface area (Å²) in [6.45, 7) is 3.86. The topological polar surface area (TPSA) is 76.1 Å². The molecule has 6 nitrogen and oxygen atoms in total. The predicted octanol–water partition coefficient (Wildman–Crippen LogP) is 4.95. The van der Waals surface area contributed by atoms with Gasteiger partial charge < -0.3 is 14.6 Å². The van der Waals surface area contributed by atoms with Gasteiger partial charge in [0, 0.05) is 11.8 Å². The van der Waals surface area contributed by atoms with Crippen molar-refractivity contribution >= 4 is 23.1 Å². The third-order valence-electron chi connectivity index (χ3n) is 5.75. The lowest BCUT2D eigenvalue weighted by Gasteiger charge is -2.26. The van der Waals surface area contributed by atoms with Crippen LogP contribution in [0.3, 0.4) is 0 Å². The van der Waals surface area contributed by atoms with E-state index in [0.29, 0.717) is 22.7 Å². The van der Waals surface area contributed by atoms with Crippen LogP contribution in [0.25, 0.3) is 5.76 Å². The van der Waals surface area contributed by atoms with Gasteiger partial charge in [-0.2, -0.15) is 0 Å². The van der Waals surface area contributed by atoms with Gasteiger partial charge in [0.05, 0.1) is 31.4 Å². The van der Waals surface area contributed by atoms with Crippen LogP contribution in [0.2, 0.25) is 0 Å². The lowest BCUT2D eigenvalue weighted by molar-refractivity contribution is -0.132. The zero-order valence-electron chi connectivity index (χ0n) is 19.0. The molecule has 1 amide bonds. The molecule has 0 saturated carbocycles. The molecular formula is C27H25NO5. The van der Waals surface area contributed by atoms with Crippen molar-refractivity contribution < 1.29 is 24.2 Å². The highest BCUT2D eigenvalue weighted by Crippen LogP contribution is 2.43. The van der Waals surface area contributed by atoms with Crippen LogP contribution in [0.4, 0.5) is 5.69 Å². The Labute approximate surface area is 192 Å². The highest BCUT2D eigenvalue weighted by molar-refractivity contribution is 6.51. The summed E-state index contributed by atoms with van der Waals surface area (Å²) in [5.41, 5.74) is 3.56. The molecule has 1 unspecified atom stereocenters. The Morgan fingerprint density at radius 1 is 0.879 bits per heavy atom. The quantitative estimate of drug-likeness (QED) is 0.343. The average Bonchev–Trinajstić information content (AvgIpc) is 3.08. The molecule has 0 bridgehead atoms. The van der Waals surface area contributed by atoms with E-state index in [1.165, 1.54) is 19.1 Å². The van der Waals surface area contributed by atoms with Gasteiger partial charge in [-0.3, -0.25) is 14.5 Å². The molecule has 1 N–H and O–H groups in total. The standard InChI is InChI=1S/C27H25NO5/c1-16-7-5-9-18(13-16)24-23(25(29)21-12-11-20(32-3)15-22(21)33-4)26(30)27(31)28(24)19-10-6-8-17(2)14-19/h5-15,24,29H,1-4H3/b25-23-. The van der Waals surface area contributed by atoms with E-state index in [2.05, 4.69) is 0 Å². The van der Waals surface area contributed by atoms with Crippen LogP contribution in [0, 0.1) is 13.8 Å². The number of benzene rings is 3. The van der Waals surface area contributed by atoms with Gasteiger partial charge in [0.25, 0.3) is 11.7 Å². The van der Waals surface area contributed by atoms with E-state index >= 15 is 0 Å². The van der Waals surface area contributed by atoms with Crippen molar-refractivity contribution in [2.75, 3.05) is 19.1 Å². The molecule has 1 aliphatic rings. The van der Waals surface area contributed by atoms with E-state index in [0.717, 1.165) is 16.7 Å². The second kappa shape index (κ2) is 8.82. The smallest absolute Gasteiger partial charge is 0.300 e. The van der Waals surface area contributed by atoms with Crippen molar-refractivity contribution in [2.24, 2.45) is 0 Å². The molecule has 1 heterocycles. The Balaban J connectivity index is 1.98. The molecule has 0 radical (unpaired) electrons. The van der Waals surface area contributed by atoms with Gasteiger partial charge in [-0.1, -0.05) is 42.0 Å². The van der Waals surface area contributed by atoms with Crippen molar-refractivity contribution in [1.29, 1.82) is 0 Å². The number of aliphatic hydroxyl groups is 1. The normalized spacial score (nSPS) is 17.3. The molecule has 3 aromatic carbocycles. The zero-order valence-corrected chi connectivity index (χ0v) is 19.0. The number of Topliss-reactive ketones (excluding diaryl/α,β-unsaturated/α-hetero) is 1. The summed E-state index contributed by atoms with van der Waals surface area (Å²) in [5, 5.41) is 11.4. The first-order valence-corrected chi connectivity index (χ1v) is 10.5. The van der Waals surface area contributed by atoms with Crippen LogP contribution in [-0.2, 0) is 9.59 Å². The Bertz CT molecular complexity index is 1280. The number of nitrogens with zero attached hydrogens (tertiary/aromatic N) is 1. The average molecular weight is 443 g/mol. The molecule has 4 rings (SSSR count). The van der Waals surface area contributed by atoms with Gasteiger partial charge in [0.2, 0.25) is 0 Å². The molecule has 0 aliphatic carbocycles. The van der Waals surface area contributed by atoms with Crippen LogP contribution in [0.1, 0.15) is 28.3 Å². The minimum absolute atomic E-state index is 0.00979. The first kappa shape index (κ1) is 22.1. The molecule has 1 atom stereocenters. The summed E-state index contributed by atoms with van der Waals surface area (Å²) >= 11 is 0. The number of ketones is 1. The SMILES string of the molecule is COc1ccc(/C(O)=C2/C(=O)C(=O)N(c3cccc(C)c3)C2c2cccc(C)c2)c(OC)c1. The van der Waals surface area contributed by atoms with Crippen LogP contribution in [0.5, 0.6) is 11.5 Å². The fourth-order valence-electron chi connectivity index (χ4n) is 4.17. The summed E-state index contributed by atoms with van der Waals surface area (Å²) in [5.74, 6) is -0.871. The van der Waals surface area contributed by atoms with Gasteiger partial charge in [0.15, 0.2) is 0 Å². The van der Waals surface area contributed by atoms with Crippen LogP contribution in [0.15, 0.2) is 72.3 Å². The van der Waals surface area contributed by atoms with Crippen LogP contribution >= 0.6 is 0 Å². The van der Waals surface area contributed by atoms with Gasteiger partial charge in [-0.25, -0.2) is 0 Å². The number of anilines is 1. The summed E-state index contributed by atoms with van der Waals surface area (Å²) < 4.78 is 10.7. The van der Waals surface area contributed by atoms with Crippen LogP contribution < -0.4 is 14.4 Å². The van der Waals surface area contributed by atoms with Gasteiger partial charge in [-0.15, -0.1) is 0 Å². The minimum atomic E-state index is -0.793. The summed E-state index contributed by atoms with van der Waals surface area (Å²) in [4.78, 5) is 28.0. The number of aryl methyl sites for hydroxylation is 2. The number of rotatable bonds is 5. The highest BCUT2D eigenvalue weighted by atomic mass is 16.5. The highest BCUT2D eigenvalue weighted by Gasteiger charge is 2.47. The summed E-state index contributed by atoms with van der Waals surface area (Å²) in [7, 11) is 2.99. The monoisotopic (exact) mass is 443 g/mol. The number of ether oxygens (including phenoxy) is 2. The molecule has 6 heteroatoms. The number of carbonyl (C=O) groups is 2. The molecule has 1 fully saturated rings. The first-order valence-electron chi connectivity index (χ1n) is 10.5. The van der Waals surface area contributed by atoms with Gasteiger partial charge in [0.1, 0.15) is 17.3 Å². The lowest BCUT2D eigenvalue weighted by Crippen LogP contribution is -2.29. The molecule has 168 valence electrons. The van der Waals surface area contributed by atoms with E-state index in [9.17, 15) is 14.7 Å². The minimum Gasteiger partial charge on any atom is -0.507 e. The maximum absolute atomic E-state index is 13.3. The third kappa shape index (κ3) is 3.96. The summed E-state index contributed by atoms with van der Waals surface area (Å²) in [6.07, 6.45) is 0. The van der Waals surface area contributed by atoms with E-state index in [4.69, 9.17) is 9.47 Å². The molecule has 33 heavy (non-hydrogen) atoms. The van der Waals surface area contributed by atoms with Crippen molar-refractivity contribution in [3.8, 4) is 11.5 Å². The fraction of sp³-hybridized carbons (Fsp3) is 0.185. The largest absolute Gasteiger partial charge is 0.507 e. The molecule has 0 aromatic heterocycles. The third-order valence-corrected chi connectivity index (χ3v) is 5.75. The van der Waals surface area contributed by atoms with E-state index < -0.39 is 17.7 Å². The van der Waals surface area contributed by atoms with Crippen molar-refractivity contribution in [2.45, 2.75) is 19.9 Å². The number of aliphatic hydroxyl groups excluding tert-OH is 1. The fourth-order valence-corrected chi connectivity index (χ4v) is 4.17. The molecular weight excluding hydrogens is 418 g/mol. The second-order valence-corrected chi connectivity index (χ2v) is 7.99. The number of hydrogen-bond acceptors (Lipinski definition) is 5.